The molecule has 0 spiro atoms. The van der Waals surface area contributed by atoms with Crippen LogP contribution in [0, 0.1) is 5.92 Å². The summed E-state index contributed by atoms with van der Waals surface area (Å²) in [6.45, 7) is 2.04. The normalized spacial score (nSPS) is 31.5. The second kappa shape index (κ2) is 3.58. The van der Waals surface area contributed by atoms with Gasteiger partial charge in [-0.2, -0.15) is 8.42 Å². The van der Waals surface area contributed by atoms with E-state index in [4.69, 9.17) is 4.55 Å². The summed E-state index contributed by atoms with van der Waals surface area (Å²) in [6.07, 6.45) is 5.87. The average Bonchev–Trinajstić information content (AvgIpc) is 2.11. The molecule has 0 saturated heterocycles. The fourth-order valence-corrected chi connectivity index (χ4v) is 2.15. The molecule has 0 bridgehead atoms. The van der Waals surface area contributed by atoms with Gasteiger partial charge in [-0.1, -0.05) is 25.5 Å². The van der Waals surface area contributed by atoms with Crippen LogP contribution < -0.4 is 0 Å². The van der Waals surface area contributed by atoms with Gasteiger partial charge in [-0.15, -0.1) is 0 Å². The first-order valence-corrected chi connectivity index (χ1v) is 5.65. The number of hydrogen-bond acceptors (Lipinski definition) is 2. The van der Waals surface area contributed by atoms with Crippen LogP contribution in [0.4, 0.5) is 0 Å². The van der Waals surface area contributed by atoms with Crippen LogP contribution in [0.3, 0.4) is 0 Å². The lowest BCUT2D eigenvalue weighted by Crippen LogP contribution is -2.16. The Labute approximate surface area is 73.2 Å². The molecule has 0 saturated carbocycles. The summed E-state index contributed by atoms with van der Waals surface area (Å²) < 4.78 is 30.3. The van der Waals surface area contributed by atoms with Crippen LogP contribution in [-0.2, 0) is 10.1 Å². The second-order valence-electron chi connectivity index (χ2n) is 3.35. The summed E-state index contributed by atoms with van der Waals surface area (Å²) in [4.78, 5) is 0. The van der Waals surface area contributed by atoms with Gasteiger partial charge < -0.3 is 0 Å². The maximum atomic E-state index is 10.8. The van der Waals surface area contributed by atoms with Gasteiger partial charge in [0.05, 0.1) is 0 Å². The van der Waals surface area contributed by atoms with Crippen molar-refractivity contribution < 1.29 is 13.0 Å². The molecule has 0 radical (unpaired) electrons. The Balaban J connectivity index is 2.75. The molecule has 1 aliphatic carbocycles. The lowest BCUT2D eigenvalue weighted by atomic mass is 10.1. The number of rotatable bonds is 1. The topological polar surface area (TPSA) is 54.4 Å². The Morgan fingerprint density at radius 2 is 2.00 bits per heavy atom. The minimum absolute atomic E-state index is 0.428. The Bertz CT molecular complexity index is 266. The minimum atomic E-state index is -3.86. The fourth-order valence-electron chi connectivity index (χ4n) is 1.40. The van der Waals surface area contributed by atoms with Crippen molar-refractivity contribution in [3.8, 4) is 0 Å². The molecule has 1 aliphatic rings. The average molecular weight is 190 g/mol. The van der Waals surface area contributed by atoms with Gasteiger partial charge in [-0.3, -0.25) is 4.55 Å². The molecule has 0 aliphatic heterocycles. The van der Waals surface area contributed by atoms with Crippen LogP contribution in [-0.4, -0.2) is 18.2 Å². The molecule has 12 heavy (non-hydrogen) atoms. The van der Waals surface area contributed by atoms with E-state index in [1.807, 2.05) is 13.0 Å². The van der Waals surface area contributed by atoms with E-state index in [-0.39, 0.29) is 0 Å². The van der Waals surface area contributed by atoms with Gasteiger partial charge in [0.2, 0.25) is 0 Å². The molecular formula is C8H14O3S. The van der Waals surface area contributed by atoms with Gasteiger partial charge in [0, 0.05) is 0 Å². The predicted octanol–water partition coefficient (Wildman–Crippen LogP) is 1.62. The van der Waals surface area contributed by atoms with Crippen molar-refractivity contribution in [2.75, 3.05) is 0 Å². The third kappa shape index (κ3) is 2.60. The predicted molar refractivity (Wildman–Crippen MR) is 47.5 cm³/mol. The maximum absolute atomic E-state index is 10.8. The van der Waals surface area contributed by atoms with Gasteiger partial charge in [-0.05, 0) is 18.8 Å². The molecule has 0 heterocycles. The highest BCUT2D eigenvalue weighted by molar-refractivity contribution is 7.86. The van der Waals surface area contributed by atoms with Crippen LogP contribution in [0.25, 0.3) is 0 Å². The largest absolute Gasteiger partial charge is 0.285 e. The quantitative estimate of drug-likeness (QED) is 0.505. The molecule has 4 heteroatoms. The van der Waals surface area contributed by atoms with E-state index in [1.54, 1.807) is 6.08 Å². The van der Waals surface area contributed by atoms with Crippen molar-refractivity contribution in [2.24, 2.45) is 5.92 Å². The van der Waals surface area contributed by atoms with Crippen molar-refractivity contribution in [3.05, 3.63) is 12.2 Å². The monoisotopic (exact) mass is 190 g/mol. The second-order valence-corrected chi connectivity index (χ2v) is 4.98. The zero-order valence-corrected chi connectivity index (χ0v) is 7.92. The smallest absolute Gasteiger partial charge is 0.271 e. The van der Waals surface area contributed by atoms with E-state index in [1.165, 1.54) is 0 Å². The van der Waals surface area contributed by atoms with Crippen LogP contribution >= 0.6 is 0 Å². The number of allylic oxidation sites excluding steroid dienone is 1. The van der Waals surface area contributed by atoms with Crippen molar-refractivity contribution >= 4 is 10.1 Å². The van der Waals surface area contributed by atoms with Gasteiger partial charge >= 0.3 is 0 Å². The molecular weight excluding hydrogens is 176 g/mol. The molecule has 0 aromatic heterocycles. The zero-order valence-electron chi connectivity index (χ0n) is 7.10. The van der Waals surface area contributed by atoms with E-state index in [9.17, 15) is 8.42 Å². The SMILES string of the molecule is CC1C=CC(S(=O)(=O)O)CCC1. The molecule has 0 aromatic rings. The Morgan fingerprint density at radius 3 is 2.58 bits per heavy atom. The molecule has 3 nitrogen and oxygen atoms in total. The highest BCUT2D eigenvalue weighted by Gasteiger charge is 2.21. The van der Waals surface area contributed by atoms with Gasteiger partial charge in [0.1, 0.15) is 5.25 Å². The molecule has 0 aromatic carbocycles. The Hall–Kier alpha value is -0.350. The standard InChI is InChI=1S/C8H14O3S/c1-7-3-2-4-8(6-5-7)12(9,10)11/h5-8H,2-4H2,1H3,(H,9,10,11). The highest BCUT2D eigenvalue weighted by Crippen LogP contribution is 2.20. The third-order valence-electron chi connectivity index (χ3n) is 2.18. The Morgan fingerprint density at radius 1 is 1.33 bits per heavy atom. The summed E-state index contributed by atoms with van der Waals surface area (Å²) in [5.41, 5.74) is 0. The summed E-state index contributed by atoms with van der Waals surface area (Å²) in [5, 5.41) is -0.678. The van der Waals surface area contributed by atoms with Crippen LogP contribution in [0.15, 0.2) is 12.2 Å². The fraction of sp³-hybridized carbons (Fsp3) is 0.750. The summed E-state index contributed by atoms with van der Waals surface area (Å²) in [5.74, 6) is 0.428. The molecule has 70 valence electrons. The third-order valence-corrected chi connectivity index (χ3v) is 3.34. The van der Waals surface area contributed by atoms with E-state index in [2.05, 4.69) is 0 Å². The Kier molecular flexibility index (Phi) is 2.90. The maximum Gasteiger partial charge on any atom is 0.271 e. The zero-order chi connectivity index (χ0) is 9.19. The molecule has 0 fully saturated rings. The van der Waals surface area contributed by atoms with Crippen LogP contribution in [0.1, 0.15) is 26.2 Å². The van der Waals surface area contributed by atoms with E-state index >= 15 is 0 Å². The molecule has 2 atom stereocenters. The van der Waals surface area contributed by atoms with Gasteiger partial charge in [-0.25, -0.2) is 0 Å². The van der Waals surface area contributed by atoms with Crippen molar-refractivity contribution in [1.29, 1.82) is 0 Å². The van der Waals surface area contributed by atoms with E-state index < -0.39 is 15.4 Å². The minimum Gasteiger partial charge on any atom is -0.285 e. The lowest BCUT2D eigenvalue weighted by molar-refractivity contribution is 0.469. The van der Waals surface area contributed by atoms with E-state index in [0.29, 0.717) is 12.3 Å². The van der Waals surface area contributed by atoms with Crippen LogP contribution in [0.2, 0.25) is 0 Å². The van der Waals surface area contributed by atoms with Crippen molar-refractivity contribution in [2.45, 2.75) is 31.4 Å². The summed E-state index contributed by atoms with van der Waals surface area (Å²) >= 11 is 0. The molecule has 1 rings (SSSR count). The summed E-state index contributed by atoms with van der Waals surface area (Å²) in [6, 6.07) is 0. The van der Waals surface area contributed by atoms with Crippen LogP contribution in [0.5, 0.6) is 0 Å². The molecule has 0 amide bonds. The first-order valence-electron chi connectivity index (χ1n) is 4.15. The highest BCUT2D eigenvalue weighted by atomic mass is 32.2. The molecule has 1 N–H and O–H groups in total. The first-order chi connectivity index (χ1) is 5.50. The lowest BCUT2D eigenvalue weighted by Gasteiger charge is -2.05. The van der Waals surface area contributed by atoms with Crippen molar-refractivity contribution in [1.82, 2.24) is 0 Å². The van der Waals surface area contributed by atoms with Crippen molar-refractivity contribution in [3.63, 3.8) is 0 Å². The first kappa shape index (κ1) is 9.74. The molecule has 2 unspecified atom stereocenters. The summed E-state index contributed by atoms with van der Waals surface area (Å²) in [7, 11) is -3.86. The number of hydrogen-bond donors (Lipinski definition) is 1. The van der Waals surface area contributed by atoms with Gasteiger partial charge in [0.15, 0.2) is 0 Å². The van der Waals surface area contributed by atoms with Gasteiger partial charge in [0.25, 0.3) is 10.1 Å². The van der Waals surface area contributed by atoms with E-state index in [0.717, 1.165) is 12.8 Å².